The number of pyridine rings is 1. The zero-order valence-corrected chi connectivity index (χ0v) is 15.1. The van der Waals surface area contributed by atoms with E-state index in [0.29, 0.717) is 30.0 Å². The minimum Gasteiger partial charge on any atom is -0.345 e. The lowest BCUT2D eigenvalue weighted by Gasteiger charge is -2.57. The second-order valence-electron chi connectivity index (χ2n) is 6.47. The van der Waals surface area contributed by atoms with Gasteiger partial charge in [0, 0.05) is 48.6 Å². The number of nitrogens with zero attached hydrogens (tertiary/aromatic N) is 5. The standard InChI is InChI=1S/C17H19BrFN5/c1-2-15-16(19)17(22-10-21-15)24-13-4-14(24)9-23(8-13)7-11-3-12(18)6-20-5-11/h3,5-6,10,13-14H,2,4,7-9H2,1H3. The van der Waals surface area contributed by atoms with Crippen molar-refractivity contribution in [2.75, 3.05) is 18.0 Å². The Morgan fingerprint density at radius 3 is 2.75 bits per heavy atom. The van der Waals surface area contributed by atoms with Crippen LogP contribution in [0.5, 0.6) is 0 Å². The summed E-state index contributed by atoms with van der Waals surface area (Å²) in [6.07, 6.45) is 6.88. The van der Waals surface area contributed by atoms with Crippen LogP contribution in [0.15, 0.2) is 29.3 Å². The molecular weight excluding hydrogens is 373 g/mol. The predicted molar refractivity (Wildman–Crippen MR) is 93.3 cm³/mol. The quantitative estimate of drug-likeness (QED) is 0.801. The summed E-state index contributed by atoms with van der Waals surface area (Å²) in [7, 11) is 0. The van der Waals surface area contributed by atoms with Gasteiger partial charge in [-0.2, -0.15) is 0 Å². The lowest BCUT2D eigenvalue weighted by Crippen LogP contribution is -2.69. The first-order chi connectivity index (χ1) is 11.7. The molecule has 5 heterocycles. The summed E-state index contributed by atoms with van der Waals surface area (Å²) < 4.78 is 15.5. The van der Waals surface area contributed by atoms with E-state index in [9.17, 15) is 4.39 Å². The van der Waals surface area contributed by atoms with Crippen molar-refractivity contribution in [3.8, 4) is 0 Å². The minimum absolute atomic E-state index is 0.251. The maximum atomic E-state index is 14.5. The summed E-state index contributed by atoms with van der Waals surface area (Å²) in [5, 5.41) is 0. The van der Waals surface area contributed by atoms with Crippen LogP contribution in [0.4, 0.5) is 10.2 Å². The first-order valence-electron chi connectivity index (χ1n) is 8.25. The van der Waals surface area contributed by atoms with Crippen LogP contribution in [0.1, 0.15) is 24.6 Å². The first-order valence-corrected chi connectivity index (χ1v) is 9.04. The maximum absolute atomic E-state index is 14.5. The summed E-state index contributed by atoms with van der Waals surface area (Å²) in [6, 6.07) is 2.76. The van der Waals surface area contributed by atoms with Gasteiger partial charge in [-0.3, -0.25) is 9.88 Å². The summed E-state index contributed by atoms with van der Waals surface area (Å²) >= 11 is 3.46. The second kappa shape index (κ2) is 6.37. The van der Waals surface area contributed by atoms with Crippen molar-refractivity contribution in [2.45, 2.75) is 38.4 Å². The number of rotatable bonds is 4. The van der Waals surface area contributed by atoms with Crippen molar-refractivity contribution in [1.29, 1.82) is 0 Å². The lowest BCUT2D eigenvalue weighted by atomic mass is 9.87. The molecule has 5 nitrogen and oxygen atoms in total. The Morgan fingerprint density at radius 2 is 2.04 bits per heavy atom. The summed E-state index contributed by atoms with van der Waals surface area (Å²) in [5.74, 6) is 0.228. The van der Waals surface area contributed by atoms with E-state index in [1.807, 2.05) is 13.1 Å². The van der Waals surface area contributed by atoms with Gasteiger partial charge in [-0.25, -0.2) is 14.4 Å². The van der Waals surface area contributed by atoms with E-state index in [2.05, 4.69) is 46.7 Å². The molecule has 0 N–H and O–H groups in total. The predicted octanol–water partition coefficient (Wildman–Crippen LogP) is 2.80. The molecule has 2 bridgehead atoms. The van der Waals surface area contributed by atoms with E-state index in [1.165, 1.54) is 11.9 Å². The number of hydrogen-bond donors (Lipinski definition) is 0. The van der Waals surface area contributed by atoms with Gasteiger partial charge in [0.25, 0.3) is 0 Å². The molecule has 3 fully saturated rings. The third-order valence-electron chi connectivity index (χ3n) is 4.86. The minimum atomic E-state index is -0.251. The van der Waals surface area contributed by atoms with Gasteiger partial charge in [-0.15, -0.1) is 0 Å². The van der Waals surface area contributed by atoms with Gasteiger partial charge in [0.1, 0.15) is 6.33 Å². The van der Waals surface area contributed by atoms with Crippen LogP contribution < -0.4 is 4.90 Å². The lowest BCUT2D eigenvalue weighted by molar-refractivity contribution is 0.106. The maximum Gasteiger partial charge on any atom is 0.187 e. The van der Waals surface area contributed by atoms with Gasteiger partial charge in [0.05, 0.1) is 5.69 Å². The highest BCUT2D eigenvalue weighted by Gasteiger charge is 2.46. The van der Waals surface area contributed by atoms with Gasteiger partial charge >= 0.3 is 0 Å². The number of aromatic nitrogens is 3. The highest BCUT2D eigenvalue weighted by Crippen LogP contribution is 2.37. The Balaban J connectivity index is 1.47. The Labute approximate surface area is 149 Å². The Morgan fingerprint density at radius 1 is 1.25 bits per heavy atom. The summed E-state index contributed by atoms with van der Waals surface area (Å²) in [4.78, 5) is 17.0. The number of piperidine rings is 1. The Bertz CT molecular complexity index is 744. The van der Waals surface area contributed by atoms with Gasteiger partial charge in [0.2, 0.25) is 0 Å². The molecule has 2 aromatic rings. The Hall–Kier alpha value is -1.60. The highest BCUT2D eigenvalue weighted by atomic mass is 79.9. The number of anilines is 1. The number of fused-ring (bicyclic) bond motifs is 2. The molecule has 7 heteroatoms. The van der Waals surface area contributed by atoms with Crippen molar-refractivity contribution in [3.63, 3.8) is 0 Å². The molecule has 0 radical (unpaired) electrons. The molecule has 24 heavy (non-hydrogen) atoms. The molecule has 5 rings (SSSR count). The van der Waals surface area contributed by atoms with E-state index in [-0.39, 0.29) is 5.82 Å². The molecule has 3 saturated heterocycles. The smallest absolute Gasteiger partial charge is 0.187 e. The molecular formula is C17H19BrFN5. The second-order valence-corrected chi connectivity index (χ2v) is 7.38. The van der Waals surface area contributed by atoms with Crippen molar-refractivity contribution in [1.82, 2.24) is 19.9 Å². The third kappa shape index (κ3) is 2.80. The molecule has 0 saturated carbocycles. The fourth-order valence-electron chi connectivity index (χ4n) is 3.79. The van der Waals surface area contributed by atoms with Crippen molar-refractivity contribution in [2.24, 2.45) is 0 Å². The number of halogens is 2. The van der Waals surface area contributed by atoms with Crippen LogP contribution in [-0.4, -0.2) is 45.0 Å². The van der Waals surface area contributed by atoms with Gasteiger partial charge in [-0.05, 0) is 40.4 Å². The molecule has 126 valence electrons. The average Bonchev–Trinajstić information content (AvgIpc) is 2.57. The average molecular weight is 392 g/mol. The van der Waals surface area contributed by atoms with Crippen molar-refractivity contribution in [3.05, 3.63) is 46.3 Å². The van der Waals surface area contributed by atoms with E-state index >= 15 is 0 Å². The van der Waals surface area contributed by atoms with E-state index in [0.717, 1.165) is 30.5 Å². The Kier molecular flexibility index (Phi) is 4.22. The summed E-state index contributed by atoms with van der Waals surface area (Å²) in [5.41, 5.74) is 1.70. The van der Waals surface area contributed by atoms with Crippen LogP contribution in [0.3, 0.4) is 0 Å². The van der Waals surface area contributed by atoms with Crippen LogP contribution in [0, 0.1) is 5.82 Å². The third-order valence-corrected chi connectivity index (χ3v) is 5.29. The van der Waals surface area contributed by atoms with Crippen LogP contribution in [-0.2, 0) is 13.0 Å². The van der Waals surface area contributed by atoms with Gasteiger partial charge in [-0.1, -0.05) is 6.92 Å². The van der Waals surface area contributed by atoms with Crippen molar-refractivity contribution >= 4 is 21.7 Å². The van der Waals surface area contributed by atoms with Crippen LogP contribution in [0.2, 0.25) is 0 Å². The molecule has 0 aliphatic carbocycles. The molecule has 3 aliphatic heterocycles. The highest BCUT2D eigenvalue weighted by molar-refractivity contribution is 9.10. The molecule has 2 unspecified atom stereocenters. The largest absolute Gasteiger partial charge is 0.345 e. The van der Waals surface area contributed by atoms with Crippen LogP contribution >= 0.6 is 15.9 Å². The zero-order valence-electron chi connectivity index (χ0n) is 13.5. The fraction of sp³-hybridized carbons (Fsp3) is 0.471. The van der Waals surface area contributed by atoms with Crippen molar-refractivity contribution < 1.29 is 4.39 Å². The zero-order chi connectivity index (χ0) is 16.7. The molecule has 2 aromatic heterocycles. The number of aryl methyl sites for hydroxylation is 1. The molecule has 2 atom stereocenters. The van der Waals surface area contributed by atoms with Crippen LogP contribution in [0.25, 0.3) is 0 Å². The molecule has 0 amide bonds. The molecule has 0 aromatic carbocycles. The van der Waals surface area contributed by atoms with E-state index in [4.69, 9.17) is 0 Å². The van der Waals surface area contributed by atoms with E-state index < -0.39 is 0 Å². The molecule has 0 spiro atoms. The topological polar surface area (TPSA) is 45.2 Å². The summed E-state index contributed by atoms with van der Waals surface area (Å²) in [6.45, 7) is 4.64. The SMILES string of the molecule is CCc1ncnc(N2C3CC2CN(Cc2cncc(Br)c2)C3)c1F. The normalized spacial score (nSPS) is 23.2. The number of piperazine rings is 1. The monoisotopic (exact) mass is 391 g/mol. The van der Waals surface area contributed by atoms with Gasteiger partial charge in [0.15, 0.2) is 11.6 Å². The molecule has 3 aliphatic rings. The first kappa shape index (κ1) is 15.9. The van der Waals surface area contributed by atoms with Gasteiger partial charge < -0.3 is 4.90 Å². The number of hydrogen-bond acceptors (Lipinski definition) is 5. The fourth-order valence-corrected chi connectivity index (χ4v) is 4.21. The van der Waals surface area contributed by atoms with E-state index in [1.54, 1.807) is 6.20 Å².